The van der Waals surface area contributed by atoms with Crippen molar-refractivity contribution in [3.05, 3.63) is 75.6 Å². The van der Waals surface area contributed by atoms with Crippen molar-refractivity contribution in [3.63, 3.8) is 0 Å². The number of nitrogens with one attached hydrogen (secondary N) is 2. The topological polar surface area (TPSA) is 174 Å². The number of hydrogen-bond acceptors (Lipinski definition) is 12. The summed E-state index contributed by atoms with van der Waals surface area (Å²) in [7, 11) is 1.69. The molecule has 4 aliphatic rings. The van der Waals surface area contributed by atoms with Gasteiger partial charge in [-0.15, -0.1) is 0 Å². The number of amides is 2. The molecule has 16 nitrogen and oxygen atoms in total. The van der Waals surface area contributed by atoms with E-state index in [0.717, 1.165) is 70.8 Å². The number of fused-ring (bicyclic) bond motifs is 6. The number of benzene rings is 2. The van der Waals surface area contributed by atoms with Crippen molar-refractivity contribution in [1.82, 2.24) is 30.2 Å². The van der Waals surface area contributed by atoms with E-state index in [1.54, 1.807) is 33.9 Å². The minimum absolute atomic E-state index is 0.0858. The Labute approximate surface area is 381 Å². The molecule has 3 fully saturated rings. The molecule has 16 heteroatoms. The number of rotatable bonds is 8. The lowest BCUT2D eigenvalue weighted by Gasteiger charge is -2.36. The minimum atomic E-state index is -1.19. The molecule has 8 rings (SSSR count). The second-order valence-corrected chi connectivity index (χ2v) is 19.9. The van der Waals surface area contributed by atoms with Crippen LogP contribution in [0.1, 0.15) is 97.1 Å². The maximum atomic E-state index is 14.3. The first kappa shape index (κ1) is 46.0. The van der Waals surface area contributed by atoms with Crippen LogP contribution in [0.2, 0.25) is 0 Å². The SMILES string of the molecule is CCn1c(-c2cc(N3CCN(C4CC4)CC3)cnc2[C@H](C)OC)c2c3cc(ccc31)-c1cc(cc([N+](=O)[O-])c1)C[C@H](NC(=O)OC(C)(C)C)C(=O)N1CCC[C@H](N1)C(=O)OCC(C)(C)C2. The number of hydrazine groups is 1. The monoisotopic (exact) mass is 892 g/mol. The number of alkyl carbamates (subject to hydrolysis) is 1. The van der Waals surface area contributed by atoms with E-state index in [4.69, 9.17) is 19.2 Å². The normalized spacial score (nSPS) is 21.4. The summed E-state index contributed by atoms with van der Waals surface area (Å²) in [6.07, 6.45) is 4.77. The van der Waals surface area contributed by atoms with Gasteiger partial charge in [-0.25, -0.2) is 10.2 Å². The smallest absolute Gasteiger partial charge is 0.408 e. The molecule has 5 heterocycles. The van der Waals surface area contributed by atoms with Crippen molar-refractivity contribution in [3.8, 4) is 22.4 Å². The Morgan fingerprint density at radius 2 is 1.80 bits per heavy atom. The fourth-order valence-electron chi connectivity index (χ4n) is 9.62. The first-order chi connectivity index (χ1) is 30.9. The number of methoxy groups -OCH3 is 1. The number of anilines is 1. The molecule has 0 unspecified atom stereocenters. The Balaban J connectivity index is 1.30. The van der Waals surface area contributed by atoms with Crippen molar-refractivity contribution < 1.29 is 33.5 Å². The van der Waals surface area contributed by atoms with Gasteiger partial charge in [-0.2, -0.15) is 0 Å². The summed E-state index contributed by atoms with van der Waals surface area (Å²) in [5, 5.41) is 17.6. The minimum Gasteiger partial charge on any atom is -0.464 e. The zero-order valence-electron chi connectivity index (χ0n) is 39.1. The van der Waals surface area contributed by atoms with Crippen molar-refractivity contribution in [2.24, 2.45) is 5.41 Å². The van der Waals surface area contributed by atoms with E-state index < -0.39 is 46.0 Å². The number of carbonyl (C=O) groups is 3. The number of nitrogens with zero attached hydrogens (tertiary/aromatic N) is 6. The van der Waals surface area contributed by atoms with Gasteiger partial charge in [0, 0.05) is 92.9 Å². The molecule has 0 spiro atoms. The van der Waals surface area contributed by atoms with E-state index >= 15 is 0 Å². The van der Waals surface area contributed by atoms with Crippen LogP contribution in [-0.2, 0) is 43.2 Å². The summed E-state index contributed by atoms with van der Waals surface area (Å²) >= 11 is 0. The van der Waals surface area contributed by atoms with E-state index in [1.165, 1.54) is 23.9 Å². The summed E-state index contributed by atoms with van der Waals surface area (Å²) in [6.45, 7) is 18.3. The number of esters is 1. The molecule has 2 saturated heterocycles. The Hall–Kier alpha value is -5.58. The van der Waals surface area contributed by atoms with Crippen LogP contribution in [0, 0.1) is 15.5 Å². The molecule has 2 aromatic heterocycles. The molecule has 2 amide bonds. The predicted molar refractivity (Wildman–Crippen MR) is 248 cm³/mol. The molecule has 4 aromatic rings. The van der Waals surface area contributed by atoms with Gasteiger partial charge in [0.25, 0.3) is 11.6 Å². The molecular weight excluding hydrogens is 829 g/mol. The number of piperazine rings is 1. The average Bonchev–Trinajstić information content (AvgIpc) is 4.09. The molecule has 3 atom stereocenters. The second-order valence-electron chi connectivity index (χ2n) is 19.9. The lowest BCUT2D eigenvalue weighted by Crippen LogP contribution is -2.60. The Morgan fingerprint density at radius 3 is 2.48 bits per heavy atom. The number of pyridine rings is 1. The van der Waals surface area contributed by atoms with Crippen LogP contribution in [-0.4, -0.2) is 113 Å². The summed E-state index contributed by atoms with van der Waals surface area (Å²) < 4.78 is 20.0. The first-order valence-electron chi connectivity index (χ1n) is 23.1. The Morgan fingerprint density at radius 1 is 1.05 bits per heavy atom. The van der Waals surface area contributed by atoms with Gasteiger partial charge < -0.3 is 29.0 Å². The van der Waals surface area contributed by atoms with Gasteiger partial charge in [-0.05, 0) is 107 Å². The highest BCUT2D eigenvalue weighted by atomic mass is 16.6. The Bertz CT molecular complexity index is 2470. The molecule has 0 radical (unpaired) electrons. The number of non-ortho nitro benzene ring substituents is 1. The number of ether oxygens (including phenoxy) is 3. The number of hydrogen-bond donors (Lipinski definition) is 2. The average molecular weight is 893 g/mol. The van der Waals surface area contributed by atoms with Gasteiger partial charge in [0.1, 0.15) is 17.7 Å². The van der Waals surface area contributed by atoms with E-state index in [-0.39, 0.29) is 31.4 Å². The molecule has 1 aliphatic carbocycles. The van der Waals surface area contributed by atoms with Gasteiger partial charge in [-0.3, -0.25) is 34.6 Å². The molecule has 2 N–H and O–H groups in total. The standard InChI is InChI=1S/C49H64N8O8/c1-9-55-42-15-12-32-25-37(42)39(44(55)38-26-36(28-50-43(38)30(2)63-8)54-19-17-53(18-20-54)34-13-14-34)27-49(6,7)29-64-46(59)40-11-10-16-56(52-40)45(58)41(51-47(60)65-48(3,4)5)23-31-21-33(32)24-35(22-31)57(61)62/h12,15,21-22,24-26,28,30,34,40-41,52H,9-11,13-14,16-20,23,27,29H2,1-8H3,(H,51,60)/t30-,40-,41-/m0/s1. The molecule has 1 saturated carbocycles. The third-order valence-corrected chi connectivity index (χ3v) is 13.1. The third-order valence-electron chi connectivity index (χ3n) is 13.1. The highest BCUT2D eigenvalue weighted by molar-refractivity contribution is 5.96. The molecule has 2 aromatic carbocycles. The summed E-state index contributed by atoms with van der Waals surface area (Å²) in [4.78, 5) is 63.8. The van der Waals surface area contributed by atoms with E-state index in [2.05, 4.69) is 64.1 Å². The second kappa shape index (κ2) is 18.4. The van der Waals surface area contributed by atoms with Gasteiger partial charge in [0.05, 0.1) is 40.9 Å². The van der Waals surface area contributed by atoms with Crippen LogP contribution in [0.5, 0.6) is 0 Å². The van der Waals surface area contributed by atoms with Crippen LogP contribution in [0.25, 0.3) is 33.3 Å². The highest BCUT2D eigenvalue weighted by Crippen LogP contribution is 2.43. The van der Waals surface area contributed by atoms with Crippen LogP contribution in [0.3, 0.4) is 0 Å². The molecule has 6 bridgehead atoms. The molecule has 3 aliphatic heterocycles. The molecular formula is C49H64N8O8. The fourth-order valence-corrected chi connectivity index (χ4v) is 9.62. The number of aryl methyl sites for hydroxylation is 1. The zero-order chi connectivity index (χ0) is 46.4. The number of carbonyl (C=O) groups excluding carboxylic acids is 3. The number of aromatic nitrogens is 2. The third kappa shape index (κ3) is 10.1. The number of nitro groups is 1. The number of nitro benzene ring substituents is 1. The van der Waals surface area contributed by atoms with Crippen molar-refractivity contribution in [2.45, 2.75) is 123 Å². The van der Waals surface area contributed by atoms with Gasteiger partial charge >= 0.3 is 12.1 Å². The van der Waals surface area contributed by atoms with E-state index in [1.807, 2.05) is 25.3 Å². The van der Waals surface area contributed by atoms with Crippen molar-refractivity contribution >= 4 is 40.2 Å². The fraction of sp³-hybridized carbons (Fsp3) is 0.551. The van der Waals surface area contributed by atoms with Crippen LogP contribution in [0.4, 0.5) is 16.2 Å². The summed E-state index contributed by atoms with van der Waals surface area (Å²) in [6, 6.07) is 11.9. The lowest BCUT2D eigenvalue weighted by atomic mass is 9.84. The Kier molecular flexibility index (Phi) is 13.0. The largest absolute Gasteiger partial charge is 0.464 e. The van der Waals surface area contributed by atoms with Crippen LogP contribution < -0.4 is 15.6 Å². The highest BCUT2D eigenvalue weighted by Gasteiger charge is 2.37. The van der Waals surface area contributed by atoms with Crippen LogP contribution in [0.15, 0.2) is 48.7 Å². The van der Waals surface area contributed by atoms with Crippen molar-refractivity contribution in [2.75, 3.05) is 51.3 Å². The molecule has 348 valence electrons. The van der Waals surface area contributed by atoms with Crippen LogP contribution >= 0.6 is 0 Å². The quantitative estimate of drug-likeness (QED) is 0.103. The molecule has 65 heavy (non-hydrogen) atoms. The van der Waals surface area contributed by atoms with E-state index in [9.17, 15) is 24.5 Å². The first-order valence-corrected chi connectivity index (χ1v) is 23.1. The predicted octanol–water partition coefficient (Wildman–Crippen LogP) is 7.35. The maximum absolute atomic E-state index is 14.3. The van der Waals surface area contributed by atoms with Gasteiger partial charge in [0.15, 0.2) is 0 Å². The van der Waals surface area contributed by atoms with Crippen molar-refractivity contribution in [1.29, 1.82) is 0 Å². The van der Waals surface area contributed by atoms with Gasteiger partial charge in [0.2, 0.25) is 0 Å². The zero-order valence-corrected chi connectivity index (χ0v) is 39.1. The summed E-state index contributed by atoms with van der Waals surface area (Å²) in [5.41, 5.74) is 9.12. The number of cyclic esters (lactones) is 1. The van der Waals surface area contributed by atoms with E-state index in [0.29, 0.717) is 43.0 Å². The lowest BCUT2D eigenvalue weighted by molar-refractivity contribution is -0.384. The maximum Gasteiger partial charge on any atom is 0.408 e. The van der Waals surface area contributed by atoms with Gasteiger partial charge in [-0.1, -0.05) is 26.0 Å². The summed E-state index contributed by atoms with van der Waals surface area (Å²) in [5.74, 6) is -0.992.